The fraction of sp³-hybridized carbons (Fsp3) is 0.333. The van der Waals surface area contributed by atoms with E-state index in [0.29, 0.717) is 41.5 Å². The van der Waals surface area contributed by atoms with Gasteiger partial charge in [0.2, 0.25) is 0 Å². The number of aliphatic hydroxyl groups excluding tert-OH is 1. The van der Waals surface area contributed by atoms with Crippen molar-refractivity contribution in [1.29, 1.82) is 0 Å². The molecule has 2 aromatic carbocycles. The van der Waals surface area contributed by atoms with Gasteiger partial charge in [-0.15, -0.1) is 0 Å². The van der Waals surface area contributed by atoms with E-state index in [1.807, 2.05) is 20.8 Å². The summed E-state index contributed by atoms with van der Waals surface area (Å²) in [6, 6.07) is 11.1. The molecule has 10 heteroatoms. The number of ether oxygens (including phenoxy) is 3. The van der Waals surface area contributed by atoms with Crippen molar-refractivity contribution >= 4 is 39.9 Å². The summed E-state index contributed by atoms with van der Waals surface area (Å²) in [4.78, 5) is 45.1. The molecule has 40 heavy (non-hydrogen) atoms. The molecule has 0 radical (unpaired) electrons. The van der Waals surface area contributed by atoms with Crippen molar-refractivity contribution in [2.45, 2.75) is 46.6 Å². The van der Waals surface area contributed by atoms with Crippen LogP contribution in [-0.4, -0.2) is 48.1 Å². The second kappa shape index (κ2) is 12.3. The Labute approximate surface area is 237 Å². The number of Topliss-reactive ketones (excluding diaryl/α,β-unsaturated/α-hetero) is 1. The third kappa shape index (κ3) is 5.58. The second-order valence-electron chi connectivity index (χ2n) is 9.32. The number of carbonyl (C=O) groups excluding carboxylic acids is 3. The Hall–Kier alpha value is -4.18. The molecule has 0 aliphatic carbocycles. The van der Waals surface area contributed by atoms with E-state index < -0.39 is 23.7 Å². The molecule has 9 nitrogen and oxygen atoms in total. The number of aryl methyl sites for hydroxylation is 2. The van der Waals surface area contributed by atoms with E-state index in [2.05, 4.69) is 4.98 Å². The second-order valence-corrected chi connectivity index (χ2v) is 10.3. The highest BCUT2D eigenvalue weighted by Gasteiger charge is 2.48. The van der Waals surface area contributed by atoms with Crippen molar-refractivity contribution in [3.63, 3.8) is 0 Å². The van der Waals surface area contributed by atoms with Crippen LogP contribution in [0.15, 0.2) is 48.0 Å². The van der Waals surface area contributed by atoms with E-state index in [4.69, 9.17) is 14.2 Å². The fourth-order valence-corrected chi connectivity index (χ4v) is 5.42. The number of ketones is 1. The molecule has 1 aromatic heterocycles. The molecule has 0 spiro atoms. The van der Waals surface area contributed by atoms with Gasteiger partial charge in [-0.1, -0.05) is 37.3 Å². The summed E-state index contributed by atoms with van der Waals surface area (Å²) in [6.45, 7) is 8.59. The summed E-state index contributed by atoms with van der Waals surface area (Å²) < 4.78 is 16.3. The first kappa shape index (κ1) is 28.8. The van der Waals surface area contributed by atoms with Gasteiger partial charge >= 0.3 is 11.9 Å². The lowest BCUT2D eigenvalue weighted by Crippen LogP contribution is -2.29. The molecule has 1 unspecified atom stereocenters. The Bertz CT molecular complexity index is 1460. The number of rotatable bonds is 10. The number of anilines is 1. The lowest BCUT2D eigenvalue weighted by molar-refractivity contribution is -0.132. The van der Waals surface area contributed by atoms with Crippen LogP contribution in [0.1, 0.15) is 64.8 Å². The van der Waals surface area contributed by atoms with E-state index in [1.54, 1.807) is 49.4 Å². The highest BCUT2D eigenvalue weighted by molar-refractivity contribution is 7.17. The zero-order valence-electron chi connectivity index (χ0n) is 23.1. The zero-order chi connectivity index (χ0) is 29.0. The molecule has 1 fully saturated rings. The van der Waals surface area contributed by atoms with Gasteiger partial charge in [0.1, 0.15) is 22.1 Å². The third-order valence-electron chi connectivity index (χ3n) is 6.39. The van der Waals surface area contributed by atoms with Crippen molar-refractivity contribution in [2.24, 2.45) is 0 Å². The number of carbonyl (C=O) groups is 3. The number of hydrogen-bond acceptors (Lipinski definition) is 9. The smallest absolute Gasteiger partial charge is 0.350 e. The van der Waals surface area contributed by atoms with Gasteiger partial charge in [0.15, 0.2) is 5.13 Å². The third-order valence-corrected chi connectivity index (χ3v) is 7.52. The number of esters is 1. The summed E-state index contributed by atoms with van der Waals surface area (Å²) in [5.74, 6) is -1.31. The van der Waals surface area contributed by atoms with Gasteiger partial charge in [0.25, 0.3) is 5.78 Å². The van der Waals surface area contributed by atoms with E-state index in [-0.39, 0.29) is 21.3 Å². The highest BCUT2D eigenvalue weighted by atomic mass is 32.1. The number of aliphatic hydroxyl groups is 1. The monoisotopic (exact) mass is 564 g/mol. The van der Waals surface area contributed by atoms with Crippen LogP contribution in [-0.2, 0) is 14.3 Å². The van der Waals surface area contributed by atoms with Gasteiger partial charge in [-0.05, 0) is 68.1 Å². The molecular weight excluding hydrogens is 532 g/mol. The van der Waals surface area contributed by atoms with Crippen LogP contribution in [0.25, 0.3) is 5.76 Å². The van der Waals surface area contributed by atoms with Gasteiger partial charge in [0.05, 0.1) is 37.6 Å². The highest BCUT2D eigenvalue weighted by Crippen LogP contribution is 2.44. The van der Waals surface area contributed by atoms with Crippen LogP contribution in [0.3, 0.4) is 0 Å². The van der Waals surface area contributed by atoms with Crippen molar-refractivity contribution in [3.05, 3.63) is 75.3 Å². The molecule has 1 aliphatic rings. The molecule has 0 bridgehead atoms. The molecule has 1 amide bonds. The molecule has 1 aliphatic heterocycles. The first-order chi connectivity index (χ1) is 19.2. The molecule has 210 valence electrons. The first-order valence-corrected chi connectivity index (χ1v) is 13.9. The minimum absolute atomic E-state index is 0.0821. The zero-order valence-corrected chi connectivity index (χ0v) is 24.0. The summed E-state index contributed by atoms with van der Waals surface area (Å²) >= 11 is 0.951. The molecule has 3 aromatic rings. The van der Waals surface area contributed by atoms with Crippen LogP contribution < -0.4 is 14.4 Å². The average Bonchev–Trinajstić information content (AvgIpc) is 3.46. The fourth-order valence-electron chi connectivity index (χ4n) is 4.40. The number of methoxy groups -OCH3 is 1. The van der Waals surface area contributed by atoms with Crippen molar-refractivity contribution in [2.75, 3.05) is 25.2 Å². The Morgan fingerprint density at radius 2 is 1.70 bits per heavy atom. The lowest BCUT2D eigenvalue weighted by Gasteiger charge is -2.23. The van der Waals surface area contributed by atoms with Crippen molar-refractivity contribution in [3.8, 4) is 11.5 Å². The Morgan fingerprint density at radius 1 is 1.02 bits per heavy atom. The van der Waals surface area contributed by atoms with E-state index in [1.165, 1.54) is 12.0 Å². The number of amides is 1. The maximum absolute atomic E-state index is 13.5. The van der Waals surface area contributed by atoms with E-state index >= 15 is 0 Å². The summed E-state index contributed by atoms with van der Waals surface area (Å²) in [5, 5.41) is 11.6. The standard InChI is InChI=1S/C30H32N2O7S/c1-6-14-38-21-11-8-19(9-12-21)24-23(25(33)20-10-13-22(17(3)16-20)39-15-7-2)26(34)28(35)32(24)30-31-18(4)27(40-30)29(36)37-5/h8-13,16,24,33H,6-7,14-15H2,1-5H3. The molecule has 1 N–H and O–H groups in total. The van der Waals surface area contributed by atoms with Crippen LogP contribution in [0.2, 0.25) is 0 Å². The van der Waals surface area contributed by atoms with E-state index in [9.17, 15) is 19.5 Å². The normalized spacial score (nSPS) is 16.3. The number of aromatic nitrogens is 1. The average molecular weight is 565 g/mol. The number of nitrogens with zero attached hydrogens (tertiary/aromatic N) is 2. The Morgan fingerprint density at radius 3 is 2.33 bits per heavy atom. The molecular formula is C30H32N2O7S. The van der Waals surface area contributed by atoms with Crippen molar-refractivity contribution in [1.82, 2.24) is 4.98 Å². The molecule has 4 rings (SSSR count). The Kier molecular flexibility index (Phi) is 8.89. The van der Waals surface area contributed by atoms with Gasteiger partial charge in [-0.2, -0.15) is 0 Å². The van der Waals surface area contributed by atoms with Crippen LogP contribution in [0.4, 0.5) is 5.13 Å². The minimum Gasteiger partial charge on any atom is -0.507 e. The lowest BCUT2D eigenvalue weighted by atomic mass is 9.95. The SMILES string of the molecule is CCCOc1ccc(C2C(=C(O)c3ccc(OCCC)c(C)c3)C(=O)C(=O)N2c2nc(C)c(C(=O)OC)s2)cc1. The van der Waals surface area contributed by atoms with Crippen LogP contribution in [0.5, 0.6) is 11.5 Å². The van der Waals surface area contributed by atoms with E-state index in [0.717, 1.165) is 29.7 Å². The minimum atomic E-state index is -0.993. The first-order valence-electron chi connectivity index (χ1n) is 13.0. The topological polar surface area (TPSA) is 115 Å². The summed E-state index contributed by atoms with van der Waals surface area (Å²) in [5.41, 5.74) is 2.00. The van der Waals surface area contributed by atoms with Gasteiger partial charge in [-0.25, -0.2) is 9.78 Å². The number of benzene rings is 2. The van der Waals surface area contributed by atoms with Crippen LogP contribution in [0, 0.1) is 13.8 Å². The maximum atomic E-state index is 13.5. The van der Waals surface area contributed by atoms with Gasteiger partial charge in [0, 0.05) is 5.56 Å². The molecule has 2 heterocycles. The van der Waals surface area contributed by atoms with Gasteiger partial charge in [-0.3, -0.25) is 14.5 Å². The van der Waals surface area contributed by atoms with Crippen LogP contribution >= 0.6 is 11.3 Å². The molecule has 1 atom stereocenters. The quantitative estimate of drug-likeness (QED) is 0.143. The Balaban J connectivity index is 1.86. The molecule has 0 saturated carbocycles. The number of thiazole rings is 1. The van der Waals surface area contributed by atoms with Gasteiger partial charge < -0.3 is 19.3 Å². The largest absolute Gasteiger partial charge is 0.507 e. The predicted octanol–water partition coefficient (Wildman–Crippen LogP) is 5.75. The number of hydrogen-bond donors (Lipinski definition) is 1. The maximum Gasteiger partial charge on any atom is 0.350 e. The summed E-state index contributed by atoms with van der Waals surface area (Å²) in [7, 11) is 1.26. The van der Waals surface area contributed by atoms with Crippen molar-refractivity contribution < 1.29 is 33.7 Å². The summed E-state index contributed by atoms with van der Waals surface area (Å²) in [6.07, 6.45) is 1.69. The predicted molar refractivity (Wildman–Crippen MR) is 152 cm³/mol. The molecule has 1 saturated heterocycles.